The second-order valence-corrected chi connectivity index (χ2v) is 12.2. The largest absolute Gasteiger partial charge is 0.350 e. The van der Waals surface area contributed by atoms with Gasteiger partial charge in [0.1, 0.15) is 17.9 Å². The Kier molecular flexibility index (Phi) is 13.3. The zero-order valence-corrected chi connectivity index (χ0v) is 22.9. The van der Waals surface area contributed by atoms with Crippen LogP contribution in [0.3, 0.4) is 0 Å². The smallest absolute Gasteiger partial charge is 0.289 e. The lowest BCUT2D eigenvalue weighted by atomic mass is 9.99. The molecule has 0 radical (unpaired) electrons. The van der Waals surface area contributed by atoms with E-state index in [2.05, 4.69) is 16.0 Å². The Hall–Kier alpha value is -2.07. The van der Waals surface area contributed by atoms with Crippen molar-refractivity contribution in [3.8, 4) is 0 Å². The molecule has 1 unspecified atom stereocenters. The summed E-state index contributed by atoms with van der Waals surface area (Å²) in [6.45, 7) is 5.85. The Balaban J connectivity index is 2.01. The van der Waals surface area contributed by atoms with Crippen molar-refractivity contribution in [3.63, 3.8) is 0 Å². The minimum absolute atomic E-state index is 0.0296. The van der Waals surface area contributed by atoms with Crippen LogP contribution in [0.4, 0.5) is 4.39 Å². The van der Waals surface area contributed by atoms with Crippen LogP contribution in [0.2, 0.25) is 0 Å². The predicted octanol–water partition coefficient (Wildman–Crippen LogP) is 3.80. The molecular weight excluding hydrogens is 501 g/mol. The van der Waals surface area contributed by atoms with E-state index < -0.39 is 35.5 Å². The highest BCUT2D eigenvalue weighted by Gasteiger charge is 2.30. The second kappa shape index (κ2) is 15.9. The average Bonchev–Trinajstić information content (AvgIpc) is 3.35. The molecule has 7 nitrogen and oxygen atoms in total. The summed E-state index contributed by atoms with van der Waals surface area (Å²) in [5.74, 6) is -1.41. The quantitative estimate of drug-likeness (QED) is 0.178. The topological polar surface area (TPSA) is 104 Å². The van der Waals surface area contributed by atoms with Gasteiger partial charge in [0, 0.05) is 30.4 Å². The van der Waals surface area contributed by atoms with Gasteiger partial charge in [-0.25, -0.2) is 4.39 Å². The molecule has 10 heteroatoms. The van der Waals surface area contributed by atoms with Gasteiger partial charge in [-0.15, -0.1) is 0 Å². The Labute approximate surface area is 221 Å². The first-order chi connectivity index (χ1) is 17.2. The van der Waals surface area contributed by atoms with Gasteiger partial charge in [-0.1, -0.05) is 54.0 Å². The lowest BCUT2D eigenvalue weighted by Gasteiger charge is -2.24. The lowest BCUT2D eigenvalue weighted by Crippen LogP contribution is -2.54. The molecule has 36 heavy (non-hydrogen) atoms. The van der Waals surface area contributed by atoms with E-state index in [4.69, 9.17) is 0 Å². The molecule has 3 amide bonds. The number of likely N-dealkylation sites (N-methyl/N-ethyl adjacent to an activating group) is 1. The summed E-state index contributed by atoms with van der Waals surface area (Å²) in [5.41, 5.74) is 0.600. The van der Waals surface area contributed by atoms with Gasteiger partial charge in [-0.2, -0.15) is 0 Å². The number of carbonyl (C=O) groups is 4. The Morgan fingerprint density at radius 2 is 1.78 bits per heavy atom. The van der Waals surface area contributed by atoms with Crippen LogP contribution in [0.1, 0.15) is 64.9 Å². The fraction of sp³-hybridized carbons (Fsp3) is 0.615. The SMILES string of the molecule is CCNC(=O)C(=O)[C@H](Cc1ccc(F)cc1)NC(=O)[C@H](CC(C)C)NC(=O)CCCCC1CCSS1. The number of ketones is 1. The maximum absolute atomic E-state index is 13.3. The molecule has 0 aliphatic carbocycles. The van der Waals surface area contributed by atoms with Crippen molar-refractivity contribution < 1.29 is 23.6 Å². The molecule has 1 saturated heterocycles. The van der Waals surface area contributed by atoms with Crippen LogP contribution in [-0.2, 0) is 25.6 Å². The highest BCUT2D eigenvalue weighted by Crippen LogP contribution is 2.39. The van der Waals surface area contributed by atoms with Crippen molar-refractivity contribution in [3.05, 3.63) is 35.6 Å². The minimum atomic E-state index is -1.14. The van der Waals surface area contributed by atoms with Gasteiger partial charge in [0.2, 0.25) is 17.6 Å². The molecule has 0 bridgehead atoms. The number of rotatable bonds is 15. The van der Waals surface area contributed by atoms with Crippen LogP contribution in [0.25, 0.3) is 0 Å². The summed E-state index contributed by atoms with van der Waals surface area (Å²) < 4.78 is 13.3. The molecule has 0 aromatic heterocycles. The zero-order chi connectivity index (χ0) is 26.5. The highest BCUT2D eigenvalue weighted by molar-refractivity contribution is 8.77. The molecule has 1 aromatic rings. The summed E-state index contributed by atoms with van der Waals surface area (Å²) in [5, 5.41) is 8.63. The zero-order valence-electron chi connectivity index (χ0n) is 21.3. The van der Waals surface area contributed by atoms with Crippen molar-refractivity contribution in [2.45, 2.75) is 83.1 Å². The van der Waals surface area contributed by atoms with Gasteiger partial charge in [0.25, 0.3) is 5.91 Å². The molecule has 1 heterocycles. The molecule has 3 N–H and O–H groups in total. The predicted molar refractivity (Wildman–Crippen MR) is 144 cm³/mol. The molecule has 2 rings (SSSR count). The highest BCUT2D eigenvalue weighted by atomic mass is 33.1. The molecule has 1 aromatic carbocycles. The van der Waals surface area contributed by atoms with Crippen LogP contribution in [0.5, 0.6) is 0 Å². The summed E-state index contributed by atoms with van der Waals surface area (Å²) in [6.07, 6.45) is 4.79. The van der Waals surface area contributed by atoms with Gasteiger partial charge in [-0.05, 0) is 56.2 Å². The number of amides is 3. The summed E-state index contributed by atoms with van der Waals surface area (Å²) in [7, 11) is 3.83. The van der Waals surface area contributed by atoms with Crippen molar-refractivity contribution in [2.75, 3.05) is 12.3 Å². The maximum Gasteiger partial charge on any atom is 0.289 e. The first kappa shape index (κ1) is 30.2. The van der Waals surface area contributed by atoms with Crippen LogP contribution < -0.4 is 16.0 Å². The normalized spacial score (nSPS) is 16.9. The van der Waals surface area contributed by atoms with Crippen LogP contribution in [-0.4, -0.2) is 53.1 Å². The molecule has 3 atom stereocenters. The summed E-state index contributed by atoms with van der Waals surface area (Å²) in [6, 6.07) is 3.58. The maximum atomic E-state index is 13.3. The first-order valence-corrected chi connectivity index (χ1v) is 15.0. The van der Waals surface area contributed by atoms with E-state index in [1.165, 1.54) is 36.4 Å². The molecule has 1 aliphatic heterocycles. The molecule has 1 fully saturated rings. The Morgan fingerprint density at radius 1 is 1.06 bits per heavy atom. The Morgan fingerprint density at radius 3 is 2.39 bits per heavy atom. The number of hydrogen-bond acceptors (Lipinski definition) is 6. The number of benzene rings is 1. The van der Waals surface area contributed by atoms with Gasteiger partial charge >= 0.3 is 0 Å². The van der Waals surface area contributed by atoms with Crippen molar-refractivity contribution in [1.29, 1.82) is 0 Å². The number of halogens is 1. The number of unbranched alkanes of at least 4 members (excludes halogenated alkanes) is 1. The van der Waals surface area contributed by atoms with Crippen LogP contribution >= 0.6 is 21.6 Å². The number of Topliss-reactive ketones (excluding diaryl/α,β-unsaturated/α-hetero) is 1. The second-order valence-electron chi connectivity index (χ2n) is 9.44. The molecule has 200 valence electrons. The number of carbonyl (C=O) groups excluding carboxylic acids is 4. The van der Waals surface area contributed by atoms with Gasteiger partial charge < -0.3 is 16.0 Å². The van der Waals surface area contributed by atoms with Crippen LogP contribution in [0.15, 0.2) is 24.3 Å². The van der Waals surface area contributed by atoms with E-state index in [0.29, 0.717) is 23.7 Å². The molecule has 0 spiro atoms. The van der Waals surface area contributed by atoms with Crippen LogP contribution in [0, 0.1) is 11.7 Å². The van der Waals surface area contributed by atoms with E-state index in [1.54, 1.807) is 6.92 Å². The first-order valence-electron chi connectivity index (χ1n) is 12.6. The standard InChI is InChI=1S/C26H38FN3O4S2/c1-4-28-26(34)24(32)21(16-18-9-11-19(27)12-10-18)30-25(33)22(15-17(2)3)29-23(31)8-6-5-7-20-13-14-35-36-20/h9-12,17,20-22H,4-8,13-16H2,1-3H3,(H,28,34)(H,29,31)(H,30,33)/t20?,21-,22-/m0/s1. The summed E-state index contributed by atoms with van der Waals surface area (Å²) in [4.78, 5) is 50.8. The molecule has 1 aliphatic rings. The Bertz CT molecular complexity index is 876. The monoisotopic (exact) mass is 539 g/mol. The third-order valence-corrected chi connectivity index (χ3v) is 8.82. The van der Waals surface area contributed by atoms with Crippen molar-refractivity contribution >= 4 is 45.1 Å². The molecule has 0 saturated carbocycles. The van der Waals surface area contributed by atoms with E-state index in [-0.39, 0.29) is 24.8 Å². The van der Waals surface area contributed by atoms with Crippen molar-refractivity contribution in [1.82, 2.24) is 16.0 Å². The lowest BCUT2D eigenvalue weighted by molar-refractivity contribution is -0.140. The van der Waals surface area contributed by atoms with E-state index >= 15 is 0 Å². The van der Waals surface area contributed by atoms with Gasteiger partial charge in [-0.3, -0.25) is 19.2 Å². The van der Waals surface area contributed by atoms with E-state index in [1.807, 2.05) is 35.4 Å². The number of nitrogens with one attached hydrogen (secondary N) is 3. The van der Waals surface area contributed by atoms with E-state index in [0.717, 1.165) is 19.3 Å². The van der Waals surface area contributed by atoms with Crippen molar-refractivity contribution in [2.24, 2.45) is 5.92 Å². The van der Waals surface area contributed by atoms with Gasteiger partial charge in [0.05, 0.1) is 0 Å². The fourth-order valence-electron chi connectivity index (χ4n) is 3.94. The molecular formula is C26H38FN3O4S2. The number of hydrogen-bond donors (Lipinski definition) is 3. The van der Waals surface area contributed by atoms with Gasteiger partial charge in [0.15, 0.2) is 0 Å². The van der Waals surface area contributed by atoms with E-state index in [9.17, 15) is 23.6 Å². The summed E-state index contributed by atoms with van der Waals surface area (Å²) >= 11 is 0. The fourth-order valence-corrected chi connectivity index (χ4v) is 6.96. The third kappa shape index (κ3) is 10.9. The average molecular weight is 540 g/mol. The third-order valence-electron chi connectivity index (χ3n) is 5.81. The minimum Gasteiger partial charge on any atom is -0.350 e.